The van der Waals surface area contributed by atoms with Gasteiger partial charge in [-0.15, -0.1) is 0 Å². The fraction of sp³-hybridized carbons (Fsp3) is 0.357. The first-order valence-electron chi connectivity index (χ1n) is 5.69. The van der Waals surface area contributed by atoms with Gasteiger partial charge in [-0.3, -0.25) is 0 Å². The van der Waals surface area contributed by atoms with Gasteiger partial charge in [0.2, 0.25) is 0 Å². The summed E-state index contributed by atoms with van der Waals surface area (Å²) in [5, 5.41) is 0. The van der Waals surface area contributed by atoms with Crippen molar-refractivity contribution in [1.82, 2.24) is 0 Å². The largest absolute Gasteiger partial charge is 0.497 e. The fourth-order valence-corrected chi connectivity index (χ4v) is 1.47. The van der Waals surface area contributed by atoms with E-state index in [0.717, 1.165) is 5.56 Å². The van der Waals surface area contributed by atoms with Gasteiger partial charge in [0.1, 0.15) is 11.5 Å². The normalized spacial score (nSPS) is 11.0. The third-order valence-corrected chi connectivity index (χ3v) is 2.41. The maximum absolute atomic E-state index is 11.5. The third kappa shape index (κ3) is 3.52. The van der Waals surface area contributed by atoms with E-state index in [0.29, 0.717) is 23.7 Å². The number of ether oxygens (including phenoxy) is 3. The summed E-state index contributed by atoms with van der Waals surface area (Å²) < 4.78 is 15.3. The van der Waals surface area contributed by atoms with Crippen LogP contribution in [0.3, 0.4) is 0 Å². The molecule has 0 bridgehead atoms. The summed E-state index contributed by atoms with van der Waals surface area (Å²) >= 11 is 0. The zero-order valence-electron chi connectivity index (χ0n) is 11.1. The van der Waals surface area contributed by atoms with Crippen molar-refractivity contribution in [3.8, 4) is 11.5 Å². The molecule has 0 unspecified atom stereocenters. The van der Waals surface area contributed by atoms with Crippen LogP contribution in [0.15, 0.2) is 23.8 Å². The highest BCUT2D eigenvalue weighted by Crippen LogP contribution is 2.26. The van der Waals surface area contributed by atoms with E-state index in [4.69, 9.17) is 14.2 Å². The lowest BCUT2D eigenvalue weighted by Gasteiger charge is -2.08. The van der Waals surface area contributed by atoms with E-state index < -0.39 is 0 Å². The maximum Gasteiger partial charge on any atom is 0.333 e. The van der Waals surface area contributed by atoms with Crippen LogP contribution in [0.4, 0.5) is 0 Å². The van der Waals surface area contributed by atoms with Gasteiger partial charge in [-0.05, 0) is 32.1 Å². The Bertz CT molecular complexity index is 449. The van der Waals surface area contributed by atoms with E-state index in [2.05, 4.69) is 0 Å². The van der Waals surface area contributed by atoms with Crippen molar-refractivity contribution in [2.24, 2.45) is 0 Å². The monoisotopic (exact) mass is 250 g/mol. The van der Waals surface area contributed by atoms with E-state index in [9.17, 15) is 4.79 Å². The average Bonchev–Trinajstić information content (AvgIpc) is 2.39. The molecule has 0 amide bonds. The predicted molar refractivity (Wildman–Crippen MR) is 69.8 cm³/mol. The Kier molecular flexibility index (Phi) is 5.24. The molecule has 18 heavy (non-hydrogen) atoms. The predicted octanol–water partition coefficient (Wildman–Crippen LogP) is 2.67. The van der Waals surface area contributed by atoms with Crippen molar-refractivity contribution < 1.29 is 19.0 Å². The van der Waals surface area contributed by atoms with Crippen LogP contribution in [0.2, 0.25) is 0 Å². The van der Waals surface area contributed by atoms with Crippen molar-refractivity contribution in [3.05, 3.63) is 29.3 Å². The number of rotatable bonds is 5. The summed E-state index contributed by atoms with van der Waals surface area (Å²) in [5.74, 6) is 1.03. The minimum absolute atomic E-state index is 0.324. The Hall–Kier alpha value is -1.97. The van der Waals surface area contributed by atoms with E-state index in [1.165, 1.54) is 0 Å². The molecule has 0 radical (unpaired) electrons. The van der Waals surface area contributed by atoms with Gasteiger partial charge in [-0.2, -0.15) is 0 Å². The molecular formula is C14H18O4. The van der Waals surface area contributed by atoms with Crippen LogP contribution in [-0.2, 0) is 9.53 Å². The molecule has 4 nitrogen and oxygen atoms in total. The summed E-state index contributed by atoms with van der Waals surface area (Å²) in [6.45, 7) is 3.85. The second kappa shape index (κ2) is 6.69. The molecule has 0 aliphatic carbocycles. The van der Waals surface area contributed by atoms with Crippen LogP contribution in [0.25, 0.3) is 6.08 Å². The molecule has 0 aromatic heterocycles. The van der Waals surface area contributed by atoms with Gasteiger partial charge >= 0.3 is 5.97 Å². The van der Waals surface area contributed by atoms with Crippen LogP contribution in [0.5, 0.6) is 11.5 Å². The van der Waals surface area contributed by atoms with Gasteiger partial charge < -0.3 is 14.2 Å². The second-order valence-corrected chi connectivity index (χ2v) is 3.66. The molecule has 1 aromatic rings. The molecule has 1 rings (SSSR count). The Morgan fingerprint density at radius 2 is 2.00 bits per heavy atom. The smallest absolute Gasteiger partial charge is 0.333 e. The number of carbonyl (C=O) groups excluding carboxylic acids is 1. The van der Waals surface area contributed by atoms with Gasteiger partial charge in [0, 0.05) is 17.2 Å². The first kappa shape index (κ1) is 14.1. The molecule has 0 spiro atoms. The molecule has 0 aliphatic heterocycles. The lowest BCUT2D eigenvalue weighted by molar-refractivity contribution is -0.138. The lowest BCUT2D eigenvalue weighted by atomic mass is 10.1. The average molecular weight is 250 g/mol. The van der Waals surface area contributed by atoms with E-state index in [1.54, 1.807) is 40.2 Å². The van der Waals surface area contributed by atoms with Gasteiger partial charge in [0.15, 0.2) is 0 Å². The summed E-state index contributed by atoms with van der Waals surface area (Å²) in [6.07, 6.45) is 1.73. The minimum Gasteiger partial charge on any atom is -0.497 e. The molecule has 0 aliphatic rings. The van der Waals surface area contributed by atoms with E-state index in [1.807, 2.05) is 12.1 Å². The van der Waals surface area contributed by atoms with Crippen molar-refractivity contribution >= 4 is 12.0 Å². The fourth-order valence-electron chi connectivity index (χ4n) is 1.47. The van der Waals surface area contributed by atoms with Crippen molar-refractivity contribution in [3.63, 3.8) is 0 Å². The molecular weight excluding hydrogens is 232 g/mol. The van der Waals surface area contributed by atoms with E-state index >= 15 is 0 Å². The van der Waals surface area contributed by atoms with Crippen LogP contribution >= 0.6 is 0 Å². The van der Waals surface area contributed by atoms with E-state index in [-0.39, 0.29) is 5.97 Å². The summed E-state index contributed by atoms with van der Waals surface area (Å²) in [5.41, 5.74) is 1.34. The highest BCUT2D eigenvalue weighted by Gasteiger charge is 2.08. The Morgan fingerprint density at radius 1 is 1.28 bits per heavy atom. The lowest BCUT2D eigenvalue weighted by Crippen LogP contribution is -2.05. The van der Waals surface area contributed by atoms with Crippen LogP contribution < -0.4 is 9.47 Å². The quantitative estimate of drug-likeness (QED) is 0.595. The van der Waals surface area contributed by atoms with Crippen molar-refractivity contribution in [2.75, 3.05) is 20.8 Å². The topological polar surface area (TPSA) is 44.8 Å². The third-order valence-electron chi connectivity index (χ3n) is 2.41. The molecule has 1 aromatic carbocycles. The molecule has 0 atom stereocenters. The molecule has 0 saturated heterocycles. The Morgan fingerprint density at radius 3 is 2.56 bits per heavy atom. The zero-order valence-corrected chi connectivity index (χ0v) is 11.1. The van der Waals surface area contributed by atoms with Gasteiger partial charge in [-0.25, -0.2) is 4.79 Å². The molecule has 98 valence electrons. The summed E-state index contributed by atoms with van der Waals surface area (Å²) in [6, 6.07) is 5.41. The Labute approximate surface area is 107 Å². The number of hydrogen-bond acceptors (Lipinski definition) is 4. The first-order chi connectivity index (χ1) is 8.62. The Balaban J connectivity index is 3.02. The summed E-state index contributed by atoms with van der Waals surface area (Å²) in [4.78, 5) is 11.5. The highest BCUT2D eigenvalue weighted by atomic mass is 16.5. The number of esters is 1. The highest BCUT2D eigenvalue weighted by molar-refractivity contribution is 5.93. The molecule has 0 N–H and O–H groups in total. The second-order valence-electron chi connectivity index (χ2n) is 3.66. The number of methoxy groups -OCH3 is 2. The summed E-state index contributed by atoms with van der Waals surface area (Å²) in [7, 11) is 3.17. The molecule has 0 saturated carbocycles. The van der Waals surface area contributed by atoms with Gasteiger partial charge in [0.25, 0.3) is 0 Å². The van der Waals surface area contributed by atoms with Crippen LogP contribution in [0, 0.1) is 0 Å². The van der Waals surface area contributed by atoms with Gasteiger partial charge in [0.05, 0.1) is 20.8 Å². The zero-order chi connectivity index (χ0) is 13.5. The minimum atomic E-state index is -0.324. The van der Waals surface area contributed by atoms with Crippen LogP contribution in [-0.4, -0.2) is 26.8 Å². The van der Waals surface area contributed by atoms with Crippen molar-refractivity contribution in [1.29, 1.82) is 0 Å². The molecule has 0 fully saturated rings. The standard InChI is InChI=1S/C14H18O4/c1-5-18-14(15)10(2)8-11-6-7-12(16-3)9-13(11)17-4/h6-9H,5H2,1-4H3/b10-8+. The molecule has 4 heteroatoms. The SMILES string of the molecule is CCOC(=O)/C(C)=C/c1ccc(OC)cc1OC. The number of hydrogen-bond donors (Lipinski definition) is 0. The first-order valence-corrected chi connectivity index (χ1v) is 5.69. The number of carbonyl (C=O) groups is 1. The van der Waals surface area contributed by atoms with Crippen LogP contribution in [0.1, 0.15) is 19.4 Å². The number of benzene rings is 1. The van der Waals surface area contributed by atoms with Gasteiger partial charge in [-0.1, -0.05) is 0 Å². The van der Waals surface area contributed by atoms with Crippen molar-refractivity contribution in [2.45, 2.75) is 13.8 Å². The molecule has 0 heterocycles. The maximum atomic E-state index is 11.5.